The third-order valence-electron chi connectivity index (χ3n) is 5.07. The van der Waals surface area contributed by atoms with Crippen molar-refractivity contribution in [1.82, 2.24) is 10.2 Å². The van der Waals surface area contributed by atoms with Crippen LogP contribution in [-0.4, -0.2) is 55.8 Å². The lowest BCUT2D eigenvalue weighted by atomic mass is 10.1. The maximum atomic E-state index is 12.1. The van der Waals surface area contributed by atoms with E-state index in [1.165, 1.54) is 17.3 Å². The number of benzene rings is 2. The highest BCUT2D eigenvalue weighted by atomic mass is 32.2. The second-order valence-corrected chi connectivity index (χ2v) is 8.04. The summed E-state index contributed by atoms with van der Waals surface area (Å²) in [4.78, 5) is 27.5. The van der Waals surface area contributed by atoms with Crippen molar-refractivity contribution in [2.45, 2.75) is 23.8 Å². The van der Waals surface area contributed by atoms with Gasteiger partial charge < -0.3 is 15.4 Å². The summed E-state index contributed by atoms with van der Waals surface area (Å²) in [7, 11) is 0. The summed E-state index contributed by atoms with van der Waals surface area (Å²) < 4.78 is 5.90. The van der Waals surface area contributed by atoms with Crippen molar-refractivity contribution in [3.63, 3.8) is 0 Å². The van der Waals surface area contributed by atoms with Crippen LogP contribution in [0.2, 0.25) is 0 Å². The van der Waals surface area contributed by atoms with Gasteiger partial charge in [0.25, 0.3) is 0 Å². The van der Waals surface area contributed by atoms with Crippen molar-refractivity contribution < 1.29 is 14.3 Å². The molecule has 1 fully saturated rings. The molecule has 3 rings (SSSR count). The normalized spacial score (nSPS) is 16.8. The van der Waals surface area contributed by atoms with E-state index < -0.39 is 11.8 Å². The van der Waals surface area contributed by atoms with Crippen LogP contribution in [0.3, 0.4) is 0 Å². The van der Waals surface area contributed by atoms with Gasteiger partial charge in [0.2, 0.25) is 0 Å². The number of hydrogen-bond donors (Lipinski definition) is 2. The highest BCUT2D eigenvalue weighted by molar-refractivity contribution is 7.98. The van der Waals surface area contributed by atoms with Crippen molar-refractivity contribution in [2.24, 2.45) is 0 Å². The van der Waals surface area contributed by atoms with Gasteiger partial charge in [-0.15, -0.1) is 11.8 Å². The molecule has 30 heavy (non-hydrogen) atoms. The average molecular weight is 428 g/mol. The van der Waals surface area contributed by atoms with Crippen LogP contribution in [0.25, 0.3) is 0 Å². The largest absolute Gasteiger partial charge is 0.371 e. The molecule has 0 radical (unpaired) electrons. The topological polar surface area (TPSA) is 70.7 Å². The molecule has 1 aliphatic rings. The number of thioether (sulfide) groups is 1. The number of nitrogens with zero attached hydrogens (tertiary/aromatic N) is 1. The first-order valence-electron chi connectivity index (χ1n) is 10.3. The number of para-hydroxylation sites is 1. The zero-order chi connectivity index (χ0) is 21.2. The molecule has 2 N–H and O–H groups in total. The monoisotopic (exact) mass is 427 g/mol. The van der Waals surface area contributed by atoms with Gasteiger partial charge in [0.1, 0.15) is 0 Å². The maximum absolute atomic E-state index is 12.1. The highest BCUT2D eigenvalue weighted by Crippen LogP contribution is 2.24. The second kappa shape index (κ2) is 11.7. The van der Waals surface area contributed by atoms with Gasteiger partial charge in [-0.1, -0.05) is 42.5 Å². The fourth-order valence-electron chi connectivity index (χ4n) is 3.44. The van der Waals surface area contributed by atoms with Crippen LogP contribution in [-0.2, 0) is 14.3 Å². The number of rotatable bonds is 8. The molecule has 1 aliphatic heterocycles. The van der Waals surface area contributed by atoms with E-state index in [9.17, 15) is 9.59 Å². The molecule has 1 unspecified atom stereocenters. The average Bonchev–Trinajstić information content (AvgIpc) is 2.80. The number of amides is 2. The molecule has 0 aliphatic carbocycles. The Morgan fingerprint density at radius 3 is 2.63 bits per heavy atom. The first-order valence-corrected chi connectivity index (χ1v) is 11.5. The zero-order valence-corrected chi connectivity index (χ0v) is 18.1. The highest BCUT2D eigenvalue weighted by Gasteiger charge is 2.21. The molecule has 2 amide bonds. The van der Waals surface area contributed by atoms with Crippen molar-refractivity contribution in [3.05, 3.63) is 60.2 Å². The molecule has 0 saturated carbocycles. The number of ether oxygens (including phenoxy) is 1. The molecular weight excluding hydrogens is 398 g/mol. The summed E-state index contributed by atoms with van der Waals surface area (Å²) >= 11 is 1.53. The van der Waals surface area contributed by atoms with Crippen LogP contribution < -0.4 is 10.6 Å². The predicted molar refractivity (Wildman–Crippen MR) is 121 cm³/mol. The first kappa shape index (κ1) is 22.3. The SMILES string of the molecule is CSc1ccccc1NC(=O)C(=O)NCCCCN1CCOC(c2ccccc2)C1. The zero-order valence-electron chi connectivity index (χ0n) is 17.3. The summed E-state index contributed by atoms with van der Waals surface area (Å²) in [6, 6.07) is 17.7. The van der Waals surface area contributed by atoms with E-state index in [0.717, 1.165) is 44.0 Å². The van der Waals surface area contributed by atoms with Gasteiger partial charge in [-0.3, -0.25) is 14.5 Å². The molecule has 0 bridgehead atoms. The van der Waals surface area contributed by atoms with Crippen molar-refractivity contribution in [1.29, 1.82) is 0 Å². The van der Waals surface area contributed by atoms with Gasteiger partial charge in [0.15, 0.2) is 0 Å². The number of unbranched alkanes of at least 4 members (excludes halogenated alkanes) is 1. The van der Waals surface area contributed by atoms with Crippen LogP contribution in [0.15, 0.2) is 59.5 Å². The molecule has 1 saturated heterocycles. The number of morpholine rings is 1. The summed E-state index contributed by atoms with van der Waals surface area (Å²) in [6.07, 6.45) is 3.83. The lowest BCUT2D eigenvalue weighted by Gasteiger charge is -2.33. The van der Waals surface area contributed by atoms with E-state index in [2.05, 4.69) is 27.7 Å². The number of carbonyl (C=O) groups is 2. The van der Waals surface area contributed by atoms with Gasteiger partial charge in [0, 0.05) is 24.5 Å². The Bertz CT molecular complexity index is 831. The Balaban J connectivity index is 1.33. The molecule has 1 atom stereocenters. The molecule has 1 heterocycles. The predicted octanol–water partition coefficient (Wildman–Crippen LogP) is 3.32. The minimum Gasteiger partial charge on any atom is -0.371 e. The van der Waals surface area contributed by atoms with Gasteiger partial charge >= 0.3 is 11.8 Å². The molecular formula is C23H29N3O3S. The number of carbonyl (C=O) groups excluding carboxylic acids is 2. The van der Waals surface area contributed by atoms with Crippen LogP contribution in [0, 0.1) is 0 Å². The quantitative estimate of drug-likeness (QED) is 0.384. The van der Waals surface area contributed by atoms with Gasteiger partial charge in [-0.25, -0.2) is 0 Å². The van der Waals surface area contributed by atoms with Crippen LogP contribution in [0.5, 0.6) is 0 Å². The van der Waals surface area contributed by atoms with Gasteiger partial charge in [-0.05, 0) is 43.3 Å². The van der Waals surface area contributed by atoms with E-state index in [1.54, 1.807) is 6.07 Å². The third kappa shape index (κ3) is 6.58. The van der Waals surface area contributed by atoms with Gasteiger partial charge in [-0.2, -0.15) is 0 Å². The Labute approximate surface area is 182 Å². The van der Waals surface area contributed by atoms with E-state index in [0.29, 0.717) is 12.2 Å². The maximum Gasteiger partial charge on any atom is 0.313 e. The smallest absolute Gasteiger partial charge is 0.313 e. The lowest BCUT2D eigenvalue weighted by molar-refractivity contribution is -0.136. The molecule has 2 aromatic rings. The van der Waals surface area contributed by atoms with Crippen LogP contribution in [0.1, 0.15) is 24.5 Å². The molecule has 0 spiro atoms. The molecule has 160 valence electrons. The van der Waals surface area contributed by atoms with Crippen LogP contribution >= 0.6 is 11.8 Å². The molecule has 7 heteroatoms. The molecule has 6 nitrogen and oxygen atoms in total. The van der Waals surface area contributed by atoms with Gasteiger partial charge in [0.05, 0.1) is 18.4 Å². The minimum absolute atomic E-state index is 0.118. The third-order valence-corrected chi connectivity index (χ3v) is 5.87. The number of nitrogens with one attached hydrogen (secondary N) is 2. The van der Waals surface area contributed by atoms with Crippen LogP contribution in [0.4, 0.5) is 5.69 Å². The molecule has 0 aromatic heterocycles. The van der Waals surface area contributed by atoms with E-state index in [4.69, 9.17) is 4.74 Å². The lowest BCUT2D eigenvalue weighted by Crippen LogP contribution is -2.39. The van der Waals surface area contributed by atoms with E-state index >= 15 is 0 Å². The summed E-state index contributed by atoms with van der Waals surface area (Å²) in [6.45, 7) is 3.98. The minimum atomic E-state index is -0.629. The Kier molecular flexibility index (Phi) is 8.74. The first-order chi connectivity index (χ1) is 14.7. The fraction of sp³-hybridized carbons (Fsp3) is 0.391. The molecule has 2 aromatic carbocycles. The van der Waals surface area contributed by atoms with Crippen molar-refractivity contribution >= 4 is 29.3 Å². The Morgan fingerprint density at radius 1 is 1.07 bits per heavy atom. The Hall–Kier alpha value is -2.35. The second-order valence-electron chi connectivity index (χ2n) is 7.19. The fourth-order valence-corrected chi connectivity index (χ4v) is 4.00. The standard InChI is InChI=1S/C23H29N3O3S/c1-30-21-12-6-5-11-19(21)25-23(28)22(27)24-13-7-8-14-26-15-16-29-20(17-26)18-9-3-2-4-10-18/h2-6,9-12,20H,7-8,13-17H2,1H3,(H,24,27)(H,25,28). The van der Waals surface area contributed by atoms with Crippen molar-refractivity contribution in [2.75, 3.05) is 44.4 Å². The number of anilines is 1. The summed E-state index contributed by atoms with van der Waals surface area (Å²) in [5.41, 5.74) is 1.87. The van der Waals surface area contributed by atoms with E-state index in [1.807, 2.05) is 42.7 Å². The number of hydrogen-bond acceptors (Lipinski definition) is 5. The van der Waals surface area contributed by atoms with Crippen molar-refractivity contribution in [3.8, 4) is 0 Å². The Morgan fingerprint density at radius 2 is 1.83 bits per heavy atom. The summed E-state index contributed by atoms with van der Waals surface area (Å²) in [5, 5.41) is 5.39. The van der Waals surface area contributed by atoms with E-state index in [-0.39, 0.29) is 6.10 Å². The summed E-state index contributed by atoms with van der Waals surface area (Å²) in [5.74, 6) is -1.23.